The summed E-state index contributed by atoms with van der Waals surface area (Å²) in [5.41, 5.74) is 12.1. The minimum atomic E-state index is -0.947. The number of alkyl carbamates (subject to hydrolysis) is 1. The van der Waals surface area contributed by atoms with Gasteiger partial charge < -0.3 is 42.2 Å². The second-order valence-corrected chi connectivity index (χ2v) is 11.7. The summed E-state index contributed by atoms with van der Waals surface area (Å²) in [5, 5.41) is 11.2. The maximum absolute atomic E-state index is 13.5. The highest BCUT2D eigenvalue weighted by Gasteiger charge is 2.31. The van der Waals surface area contributed by atoms with E-state index in [1.54, 1.807) is 27.8 Å². The van der Waals surface area contributed by atoms with Crippen LogP contribution in [0.4, 0.5) is 4.79 Å². The van der Waals surface area contributed by atoms with Crippen molar-refractivity contribution >= 4 is 43.3 Å². The molecule has 0 heterocycles. The van der Waals surface area contributed by atoms with Crippen molar-refractivity contribution in [3.63, 3.8) is 0 Å². The normalized spacial score (nSPS) is 13.5. The molecule has 0 aliphatic carbocycles. The molecule has 1 rings (SSSR count). The third-order valence-corrected chi connectivity index (χ3v) is 6.79. The van der Waals surface area contributed by atoms with Gasteiger partial charge in [-0.05, 0) is 64.4 Å². The first-order valence-corrected chi connectivity index (χ1v) is 15.3. The fraction of sp³-hybridized carbons (Fsp3) is 0.667. The number of guanidine groups is 1. The molecule has 0 bridgehead atoms. The van der Waals surface area contributed by atoms with Gasteiger partial charge in [0, 0.05) is 20.1 Å². The number of carbonyl (C=O) groups excluding carboxylic acids is 4. The average Bonchev–Trinajstić information content (AvgIpc) is 2.98. The predicted octanol–water partition coefficient (Wildman–Crippen LogP) is 3.47. The number of esters is 1. The minimum Gasteiger partial charge on any atom is -0.459 e. The maximum atomic E-state index is 13.5. The van der Waals surface area contributed by atoms with E-state index in [0.717, 1.165) is 5.56 Å². The van der Waals surface area contributed by atoms with Crippen molar-refractivity contribution in [3.05, 3.63) is 35.9 Å². The highest BCUT2D eigenvalue weighted by Crippen LogP contribution is 2.13. The van der Waals surface area contributed by atoms with Crippen LogP contribution in [0.2, 0.25) is 0 Å². The molecular formula is C33H63N7O6S. The van der Waals surface area contributed by atoms with Gasteiger partial charge in [0.2, 0.25) is 11.8 Å². The van der Waals surface area contributed by atoms with Crippen LogP contribution in [-0.2, 0) is 30.5 Å². The second kappa shape index (κ2) is 25.6. The van der Waals surface area contributed by atoms with Gasteiger partial charge in [0.25, 0.3) is 0 Å². The molecule has 3 amide bonds. The van der Waals surface area contributed by atoms with Crippen LogP contribution in [0.15, 0.2) is 35.3 Å². The van der Waals surface area contributed by atoms with Crippen LogP contribution < -0.4 is 32.7 Å². The van der Waals surface area contributed by atoms with E-state index < -0.39 is 47.6 Å². The molecule has 0 aliphatic heterocycles. The summed E-state index contributed by atoms with van der Waals surface area (Å²) in [4.78, 5) is 55.1. The zero-order chi connectivity index (χ0) is 33.1. The largest absolute Gasteiger partial charge is 0.459 e. The van der Waals surface area contributed by atoms with Gasteiger partial charge in [-0.15, -0.1) is 0 Å². The summed E-state index contributed by atoms with van der Waals surface area (Å²) in [6, 6.07) is 6.56. The fourth-order valence-corrected chi connectivity index (χ4v) is 4.02. The first-order valence-electron chi connectivity index (χ1n) is 15.3. The van der Waals surface area contributed by atoms with Crippen LogP contribution in [0.25, 0.3) is 0 Å². The molecule has 0 aromatic heterocycles. The fourth-order valence-electron chi connectivity index (χ4n) is 4.02. The van der Waals surface area contributed by atoms with E-state index >= 15 is 0 Å². The molecule has 272 valence electrons. The molecule has 0 radical (unpaired) electrons. The number of nitrogens with one attached hydrogen (secondary N) is 4. The van der Waals surface area contributed by atoms with Crippen molar-refractivity contribution < 1.29 is 28.7 Å². The van der Waals surface area contributed by atoms with Gasteiger partial charge in [0.1, 0.15) is 24.3 Å². The molecule has 0 spiro atoms. The number of ether oxygens (including phenoxy) is 2. The smallest absolute Gasteiger partial charge is 0.407 e. The Kier molecular flexibility index (Phi) is 26.0. The molecule has 4 atom stereocenters. The van der Waals surface area contributed by atoms with Crippen LogP contribution in [0, 0.1) is 5.92 Å². The lowest BCUT2D eigenvalue weighted by Gasteiger charge is -2.26. The van der Waals surface area contributed by atoms with Crippen molar-refractivity contribution in [1.82, 2.24) is 21.3 Å². The van der Waals surface area contributed by atoms with Gasteiger partial charge in [0.15, 0.2) is 5.96 Å². The molecule has 1 aromatic rings. The van der Waals surface area contributed by atoms with Gasteiger partial charge in [-0.1, -0.05) is 65.5 Å². The van der Waals surface area contributed by atoms with Crippen LogP contribution in [0.5, 0.6) is 0 Å². The molecule has 0 fully saturated rings. The molecule has 13 nitrogen and oxygen atoms in total. The lowest BCUT2D eigenvalue weighted by Crippen LogP contribution is -2.56. The number of aliphatic imine (C=N–C) groups is 1. The number of nitrogens with zero attached hydrogens (tertiary/aromatic N) is 1. The van der Waals surface area contributed by atoms with Gasteiger partial charge >= 0.3 is 12.1 Å². The minimum absolute atomic E-state index is 0. The number of benzene rings is 1. The van der Waals surface area contributed by atoms with E-state index in [1.165, 1.54) is 0 Å². The Balaban J connectivity index is -0.00000645. The summed E-state index contributed by atoms with van der Waals surface area (Å²) in [6.07, 6.45) is 2.38. The van der Waals surface area contributed by atoms with Gasteiger partial charge in [0.05, 0.1) is 6.04 Å². The number of carbonyl (C=O) groups is 4. The summed E-state index contributed by atoms with van der Waals surface area (Å²) in [7, 11) is 1.56. The molecule has 14 heteroatoms. The second-order valence-electron chi connectivity index (χ2n) is 11.7. The van der Waals surface area contributed by atoms with Crippen LogP contribution in [0.1, 0.15) is 93.6 Å². The van der Waals surface area contributed by atoms with Crippen molar-refractivity contribution in [2.45, 2.75) is 118 Å². The van der Waals surface area contributed by atoms with E-state index in [-0.39, 0.29) is 53.3 Å². The Morgan fingerprint density at radius 2 is 1.53 bits per heavy atom. The number of unbranched alkanes of at least 4 members (excludes halogenated alkanes) is 1. The third kappa shape index (κ3) is 21.1. The van der Waals surface area contributed by atoms with E-state index in [0.29, 0.717) is 45.2 Å². The van der Waals surface area contributed by atoms with Gasteiger partial charge in [-0.2, -0.15) is 13.5 Å². The Hall–Kier alpha value is -3.52. The lowest BCUT2D eigenvalue weighted by molar-refractivity contribution is -0.151. The first kappa shape index (κ1) is 47.9. The number of nitrogens with two attached hydrogens (primary N) is 2. The van der Waals surface area contributed by atoms with Crippen molar-refractivity contribution in [1.29, 1.82) is 0 Å². The van der Waals surface area contributed by atoms with E-state index in [1.807, 2.05) is 44.2 Å². The monoisotopic (exact) mass is 685 g/mol. The summed E-state index contributed by atoms with van der Waals surface area (Å²) in [5.74, 6) is -1.49. The van der Waals surface area contributed by atoms with E-state index in [2.05, 4.69) is 26.3 Å². The van der Waals surface area contributed by atoms with Crippen molar-refractivity contribution in [2.75, 3.05) is 20.1 Å². The van der Waals surface area contributed by atoms with Crippen LogP contribution >= 0.6 is 13.5 Å². The molecule has 0 aliphatic rings. The van der Waals surface area contributed by atoms with E-state index in [9.17, 15) is 19.2 Å². The predicted molar refractivity (Wildman–Crippen MR) is 194 cm³/mol. The number of rotatable bonds is 18. The van der Waals surface area contributed by atoms with Crippen LogP contribution in [-0.4, -0.2) is 73.7 Å². The highest BCUT2D eigenvalue weighted by atomic mass is 32.1. The van der Waals surface area contributed by atoms with Crippen molar-refractivity contribution in [2.24, 2.45) is 22.4 Å². The first-order chi connectivity index (χ1) is 20.8. The summed E-state index contributed by atoms with van der Waals surface area (Å²) in [6.45, 7) is 10.0. The lowest BCUT2D eigenvalue weighted by atomic mass is 9.98. The number of hydrogen-bond donors (Lipinski definition) is 6. The molecule has 0 saturated carbocycles. The molecule has 0 saturated heterocycles. The Bertz CT molecular complexity index is 1070. The number of amides is 3. The standard InChI is InChI=1S/C31H53N7O6.2CH4.H2S/c1-7-21(2)25(28(41)43-20-22-14-9-8-10-15-22)38-27(40)24(17-13-19-35-29(33)34-6)37-26(39)23(32)16-11-12-18-36-30(42)44-31(3,4)5;;;/h8-10,14-15,21,23-25H,7,11-13,16-20,32H2,1-6H3,(H,36,42)(H,37,39)(H,38,40)(H3,33,34,35);2*1H4;1H2/t21?,23-,24-,25+;;;/m1.../s1. The zero-order valence-corrected chi connectivity index (χ0v) is 28.6. The number of hydrogen-bond acceptors (Lipinski definition) is 8. The van der Waals surface area contributed by atoms with E-state index in [4.69, 9.17) is 20.9 Å². The topological polar surface area (TPSA) is 199 Å². The SMILES string of the molecule is C.C.CCC(C)[C@H](NC(=O)[C@@H](CCCNC(N)=NC)NC(=O)[C@H](N)CCCCNC(=O)OC(C)(C)C)C(=O)OCc1ccccc1.S. The maximum Gasteiger partial charge on any atom is 0.407 e. The molecule has 8 N–H and O–H groups in total. The van der Waals surface area contributed by atoms with Gasteiger partial charge in [-0.25, -0.2) is 9.59 Å². The molecule has 47 heavy (non-hydrogen) atoms. The molecule has 1 unspecified atom stereocenters. The molecule has 1 aromatic carbocycles. The average molecular weight is 686 g/mol. The molecular weight excluding hydrogens is 622 g/mol. The Morgan fingerprint density at radius 1 is 0.915 bits per heavy atom. The Labute approximate surface area is 289 Å². The van der Waals surface area contributed by atoms with Crippen LogP contribution in [0.3, 0.4) is 0 Å². The summed E-state index contributed by atoms with van der Waals surface area (Å²) < 4.78 is 10.7. The summed E-state index contributed by atoms with van der Waals surface area (Å²) >= 11 is 0. The van der Waals surface area contributed by atoms with Crippen molar-refractivity contribution in [3.8, 4) is 0 Å². The Morgan fingerprint density at radius 3 is 2.11 bits per heavy atom. The third-order valence-electron chi connectivity index (χ3n) is 6.79. The highest BCUT2D eigenvalue weighted by molar-refractivity contribution is 7.59. The zero-order valence-electron chi connectivity index (χ0n) is 27.6. The quantitative estimate of drug-likeness (QED) is 0.0580. The van der Waals surface area contributed by atoms with Gasteiger partial charge in [-0.3, -0.25) is 14.6 Å².